The predicted octanol–water partition coefficient (Wildman–Crippen LogP) is 1.41. The van der Waals surface area contributed by atoms with Crippen LogP contribution in [0.2, 0.25) is 0 Å². The molecule has 0 spiro atoms. The first-order valence-electron chi connectivity index (χ1n) is 8.63. The topological polar surface area (TPSA) is 137 Å². The molecule has 28 heavy (non-hydrogen) atoms. The maximum atomic E-state index is 12.9. The van der Waals surface area contributed by atoms with Crippen molar-refractivity contribution in [2.75, 3.05) is 18.8 Å². The molecule has 10 nitrogen and oxygen atoms in total. The monoisotopic (exact) mass is 428 g/mol. The molecule has 0 unspecified atom stereocenters. The van der Waals surface area contributed by atoms with E-state index in [4.69, 9.17) is 10.4 Å². The fourth-order valence-electron chi connectivity index (χ4n) is 3.32. The highest BCUT2D eigenvalue weighted by Gasteiger charge is 2.24. The molecule has 4 heterocycles. The lowest BCUT2D eigenvalue weighted by atomic mass is 10.1. The zero-order valence-corrected chi connectivity index (χ0v) is 16.8. The van der Waals surface area contributed by atoms with Crippen LogP contribution in [0.15, 0.2) is 17.0 Å². The fourth-order valence-corrected chi connectivity index (χ4v) is 3.32. The number of nitrogens with two attached hydrogens (primary N) is 1. The molecule has 152 valence electrons. The summed E-state index contributed by atoms with van der Waals surface area (Å²) in [4.78, 5) is 21.6. The molecule has 3 aromatic rings. The van der Waals surface area contributed by atoms with Gasteiger partial charge < -0.3 is 20.9 Å². The van der Waals surface area contributed by atoms with Crippen LogP contribution < -0.4 is 16.4 Å². The smallest absolute Gasteiger partial charge is 0.255 e. The normalized spacial score (nSPS) is 14.3. The Bertz CT molecular complexity index is 951. The number of nitrogens with zero attached hydrogens (tertiary/aromatic N) is 5. The Balaban J connectivity index is 0.00000140. The number of nitrogens with one attached hydrogen (secondary N) is 2. The lowest BCUT2D eigenvalue weighted by Crippen LogP contribution is -2.42. The number of aryl methyl sites for hydroxylation is 1. The van der Waals surface area contributed by atoms with E-state index in [1.54, 1.807) is 12.4 Å². The van der Waals surface area contributed by atoms with Crippen LogP contribution >= 0.6 is 24.8 Å². The van der Waals surface area contributed by atoms with Gasteiger partial charge in [0.05, 0.1) is 17.3 Å². The van der Waals surface area contributed by atoms with E-state index in [1.165, 1.54) is 0 Å². The third-order valence-electron chi connectivity index (χ3n) is 4.61. The Labute approximate surface area is 173 Å². The van der Waals surface area contributed by atoms with Crippen LogP contribution in [0.1, 0.15) is 30.1 Å². The minimum atomic E-state index is -0.151. The van der Waals surface area contributed by atoms with Crippen LogP contribution in [0.25, 0.3) is 22.6 Å². The van der Waals surface area contributed by atoms with Crippen molar-refractivity contribution in [3.63, 3.8) is 0 Å². The van der Waals surface area contributed by atoms with Crippen molar-refractivity contribution in [1.82, 2.24) is 35.5 Å². The van der Waals surface area contributed by atoms with Gasteiger partial charge in [-0.1, -0.05) is 0 Å². The van der Waals surface area contributed by atoms with E-state index in [1.807, 2.05) is 11.5 Å². The number of anilines is 1. The Morgan fingerprint density at radius 3 is 2.71 bits per heavy atom. The van der Waals surface area contributed by atoms with Crippen molar-refractivity contribution in [1.29, 1.82) is 0 Å². The average molecular weight is 429 g/mol. The zero-order chi connectivity index (χ0) is 18.1. The summed E-state index contributed by atoms with van der Waals surface area (Å²) in [6, 6.07) is 0.159. The van der Waals surface area contributed by atoms with Crippen LogP contribution in [0.5, 0.6) is 0 Å². The Morgan fingerprint density at radius 1 is 1.32 bits per heavy atom. The van der Waals surface area contributed by atoms with Gasteiger partial charge in [0.2, 0.25) is 0 Å². The summed E-state index contributed by atoms with van der Waals surface area (Å²) in [5.41, 5.74) is 7.96. The van der Waals surface area contributed by atoms with E-state index in [9.17, 15) is 4.79 Å². The number of carbonyl (C=O) groups is 1. The lowest BCUT2D eigenvalue weighted by molar-refractivity contribution is 0.0930. The van der Waals surface area contributed by atoms with E-state index in [-0.39, 0.29) is 42.6 Å². The number of nitrogen functional groups attached to an aromatic ring is 1. The third-order valence-corrected chi connectivity index (χ3v) is 4.61. The third kappa shape index (κ3) is 3.89. The highest BCUT2D eigenvalue weighted by Crippen LogP contribution is 2.28. The number of hydrogen-bond acceptors (Lipinski definition) is 8. The molecule has 4 rings (SSSR count). The predicted molar refractivity (Wildman–Crippen MR) is 109 cm³/mol. The molecule has 3 aromatic heterocycles. The minimum absolute atomic E-state index is 0. The number of hydrogen-bond donors (Lipinski definition) is 3. The molecule has 1 amide bonds. The molecule has 1 saturated heterocycles. The molecule has 12 heteroatoms. The van der Waals surface area contributed by atoms with Gasteiger partial charge in [0, 0.05) is 18.8 Å². The van der Waals surface area contributed by atoms with E-state index in [0.29, 0.717) is 34.7 Å². The largest absolute Gasteiger partial charge is 0.379 e. The molecule has 1 fully saturated rings. The molecule has 4 N–H and O–H groups in total. The second-order valence-corrected chi connectivity index (χ2v) is 6.23. The van der Waals surface area contributed by atoms with Crippen LogP contribution in [0.4, 0.5) is 5.82 Å². The van der Waals surface area contributed by atoms with Gasteiger partial charge in [-0.3, -0.25) is 9.78 Å². The van der Waals surface area contributed by atoms with Gasteiger partial charge in [0.25, 0.3) is 5.91 Å². The summed E-state index contributed by atoms with van der Waals surface area (Å²) >= 11 is 0. The van der Waals surface area contributed by atoms with Crippen molar-refractivity contribution in [3.05, 3.63) is 18.0 Å². The lowest BCUT2D eigenvalue weighted by Gasteiger charge is -2.23. The van der Waals surface area contributed by atoms with Gasteiger partial charge in [-0.25, -0.2) is 9.61 Å². The number of piperidine rings is 1. The maximum absolute atomic E-state index is 12.9. The maximum Gasteiger partial charge on any atom is 0.255 e. The molecule has 1 aliphatic heterocycles. The summed E-state index contributed by atoms with van der Waals surface area (Å²) in [5.74, 6) is 0.510. The summed E-state index contributed by atoms with van der Waals surface area (Å²) in [5, 5.41) is 13.8. The number of fused-ring (bicyclic) bond motifs is 1. The summed E-state index contributed by atoms with van der Waals surface area (Å²) in [6.45, 7) is 4.35. The molecule has 1 aliphatic rings. The number of halogens is 2. The quantitative estimate of drug-likeness (QED) is 0.566. The molecule has 0 atom stereocenters. The number of pyridine rings is 1. The number of carbonyl (C=O) groups excluding carboxylic acids is 1. The van der Waals surface area contributed by atoms with Gasteiger partial charge in [0.1, 0.15) is 5.52 Å². The van der Waals surface area contributed by atoms with Gasteiger partial charge in [-0.05, 0) is 43.2 Å². The number of aromatic nitrogens is 5. The highest BCUT2D eigenvalue weighted by atomic mass is 35.5. The highest BCUT2D eigenvalue weighted by molar-refractivity contribution is 6.05. The first-order chi connectivity index (χ1) is 12.7. The Hall–Kier alpha value is -2.43. The summed E-state index contributed by atoms with van der Waals surface area (Å²) in [7, 11) is 0. The first-order valence-corrected chi connectivity index (χ1v) is 8.63. The van der Waals surface area contributed by atoms with Crippen LogP contribution in [-0.2, 0) is 6.54 Å². The van der Waals surface area contributed by atoms with E-state index < -0.39 is 0 Å². The van der Waals surface area contributed by atoms with Crippen molar-refractivity contribution in [3.8, 4) is 11.5 Å². The number of imidazole rings is 1. The summed E-state index contributed by atoms with van der Waals surface area (Å²) < 4.78 is 6.57. The minimum Gasteiger partial charge on any atom is -0.379 e. The molecule has 0 radical (unpaired) electrons. The average Bonchev–Trinajstić information content (AvgIpc) is 3.24. The van der Waals surface area contributed by atoms with E-state index in [2.05, 4.69) is 30.9 Å². The molecular formula is C16H22Cl2N8O2. The fraction of sp³-hybridized carbons (Fsp3) is 0.438. The number of amides is 1. The first kappa shape index (κ1) is 21.9. The molecule has 0 aliphatic carbocycles. The van der Waals surface area contributed by atoms with Crippen LogP contribution in [0, 0.1) is 0 Å². The van der Waals surface area contributed by atoms with Gasteiger partial charge >= 0.3 is 0 Å². The van der Waals surface area contributed by atoms with Gasteiger partial charge in [-0.15, -0.1) is 24.8 Å². The SMILES string of the molecule is CCn1c(-c2nonc2N)nc2cncc(C(=O)NC3CCNCC3)c21.Cl.Cl. The van der Waals surface area contributed by atoms with Crippen molar-refractivity contribution < 1.29 is 9.42 Å². The Kier molecular flexibility index (Phi) is 7.17. The Morgan fingerprint density at radius 2 is 2.07 bits per heavy atom. The van der Waals surface area contributed by atoms with Crippen molar-refractivity contribution in [2.24, 2.45) is 0 Å². The van der Waals surface area contributed by atoms with Crippen LogP contribution in [-0.4, -0.2) is 49.9 Å². The second kappa shape index (κ2) is 9.18. The van der Waals surface area contributed by atoms with E-state index >= 15 is 0 Å². The van der Waals surface area contributed by atoms with Gasteiger partial charge in [0.15, 0.2) is 17.3 Å². The molecular weight excluding hydrogens is 407 g/mol. The standard InChI is InChI=1S/C16H20N8O2.2ClH/c1-2-24-13-10(16(25)20-9-3-5-18-6-4-9)7-19-8-11(13)21-15(24)12-14(17)23-26-22-12;;/h7-9,18H,2-6H2,1H3,(H2,17,23)(H,20,25);2*1H. The summed E-state index contributed by atoms with van der Waals surface area (Å²) in [6.07, 6.45) is 5.01. The van der Waals surface area contributed by atoms with Crippen LogP contribution in [0.3, 0.4) is 0 Å². The molecule has 0 bridgehead atoms. The molecule has 0 saturated carbocycles. The second-order valence-electron chi connectivity index (χ2n) is 6.23. The zero-order valence-electron chi connectivity index (χ0n) is 15.2. The van der Waals surface area contributed by atoms with Crippen molar-refractivity contribution >= 4 is 47.6 Å². The van der Waals surface area contributed by atoms with Gasteiger partial charge in [-0.2, -0.15) is 0 Å². The number of rotatable bonds is 4. The molecule has 0 aromatic carbocycles. The van der Waals surface area contributed by atoms with Crippen molar-refractivity contribution in [2.45, 2.75) is 32.4 Å². The van der Waals surface area contributed by atoms with E-state index in [0.717, 1.165) is 25.9 Å².